The third-order valence-corrected chi connectivity index (χ3v) is 6.92. The second kappa shape index (κ2) is 17.7. The van der Waals surface area contributed by atoms with Crippen molar-refractivity contribution in [2.45, 2.75) is 90.8 Å². The van der Waals surface area contributed by atoms with Gasteiger partial charge in [0.25, 0.3) is 0 Å². The van der Waals surface area contributed by atoms with Crippen LogP contribution in [0.15, 0.2) is 24.3 Å². The molecule has 0 unspecified atom stereocenters. The number of amides is 5. The lowest BCUT2D eigenvalue weighted by atomic mass is 9.87. The number of nitrogens with one attached hydrogen (secondary N) is 4. The van der Waals surface area contributed by atoms with Gasteiger partial charge in [0.2, 0.25) is 17.7 Å². The van der Waals surface area contributed by atoms with E-state index in [0.29, 0.717) is 31.4 Å². The van der Waals surface area contributed by atoms with Gasteiger partial charge in [0.05, 0.1) is 11.5 Å². The van der Waals surface area contributed by atoms with Crippen molar-refractivity contribution in [3.05, 3.63) is 29.8 Å². The number of carbonyl (C=O) groups is 6. The predicted molar refractivity (Wildman–Crippen MR) is 160 cm³/mol. The Hall–Kier alpha value is -4.20. The zero-order chi connectivity index (χ0) is 32.7. The molecule has 14 heteroatoms. The van der Waals surface area contributed by atoms with Crippen LogP contribution < -0.4 is 32.7 Å². The summed E-state index contributed by atoms with van der Waals surface area (Å²) >= 11 is 0. The first kappa shape index (κ1) is 36.8. The molecule has 0 bridgehead atoms. The molecule has 0 saturated carbocycles. The molecule has 0 saturated heterocycles. The summed E-state index contributed by atoms with van der Waals surface area (Å²) in [4.78, 5) is 72.1. The number of carbonyl (C=O) groups excluding carboxylic acids is 4. The number of nitrogens with two attached hydrogens (primary N) is 2. The lowest BCUT2D eigenvalue weighted by Gasteiger charge is -2.26. The molecule has 14 nitrogen and oxygen atoms in total. The maximum absolute atomic E-state index is 13.2. The van der Waals surface area contributed by atoms with Gasteiger partial charge in [-0.25, -0.2) is 4.79 Å². The van der Waals surface area contributed by atoms with Crippen molar-refractivity contribution in [1.29, 1.82) is 0 Å². The van der Waals surface area contributed by atoms with Gasteiger partial charge in [-0.3, -0.25) is 24.0 Å². The van der Waals surface area contributed by atoms with Crippen molar-refractivity contribution in [3.8, 4) is 0 Å². The second-order valence-electron chi connectivity index (χ2n) is 11.5. The van der Waals surface area contributed by atoms with Crippen LogP contribution in [0.4, 0.5) is 10.5 Å². The number of carboxylic acids is 2. The zero-order valence-electron chi connectivity index (χ0n) is 25.3. The Morgan fingerprint density at radius 2 is 1.51 bits per heavy atom. The highest BCUT2D eigenvalue weighted by Crippen LogP contribution is 2.24. The SMILES string of the molecule is CC(C)[C@H](NC(=O)[C@@H](N)CCC(=O)O)C(=O)N[C@@H](CCCNC(N)=O)C(=O)Nc1ccc(CCCC(C)(C)C(=O)O)cc1. The van der Waals surface area contributed by atoms with Gasteiger partial charge >= 0.3 is 18.0 Å². The van der Waals surface area contributed by atoms with Gasteiger partial charge in [0.1, 0.15) is 12.1 Å². The molecule has 0 fully saturated rings. The van der Waals surface area contributed by atoms with Gasteiger partial charge in [-0.1, -0.05) is 26.0 Å². The highest BCUT2D eigenvalue weighted by Gasteiger charge is 2.30. The lowest BCUT2D eigenvalue weighted by molar-refractivity contribution is -0.147. The summed E-state index contributed by atoms with van der Waals surface area (Å²) in [6, 6.07) is 3.13. The van der Waals surface area contributed by atoms with Crippen LogP contribution in [0.25, 0.3) is 0 Å². The molecule has 3 atom stereocenters. The monoisotopic (exact) mass is 606 g/mol. The van der Waals surface area contributed by atoms with Crippen molar-refractivity contribution in [2.24, 2.45) is 22.8 Å². The van der Waals surface area contributed by atoms with E-state index in [1.165, 1.54) is 0 Å². The molecule has 1 rings (SSSR count). The Morgan fingerprint density at radius 1 is 0.884 bits per heavy atom. The molecule has 10 N–H and O–H groups in total. The number of aliphatic carboxylic acids is 2. The average molecular weight is 607 g/mol. The van der Waals surface area contributed by atoms with Gasteiger partial charge in [0, 0.05) is 18.7 Å². The molecule has 0 aromatic heterocycles. The normalized spacial score (nSPS) is 13.3. The first-order chi connectivity index (χ1) is 20.0. The van der Waals surface area contributed by atoms with Crippen molar-refractivity contribution in [1.82, 2.24) is 16.0 Å². The number of rotatable bonds is 19. The average Bonchev–Trinajstić information content (AvgIpc) is 2.92. The minimum atomic E-state index is -1.13. The van der Waals surface area contributed by atoms with Crippen LogP contribution in [0.1, 0.15) is 71.8 Å². The quantitative estimate of drug-likeness (QED) is 0.106. The van der Waals surface area contributed by atoms with Crippen LogP contribution >= 0.6 is 0 Å². The van der Waals surface area contributed by atoms with E-state index in [0.717, 1.165) is 5.56 Å². The molecule has 0 spiro atoms. The van der Waals surface area contributed by atoms with Crippen LogP contribution in [-0.4, -0.2) is 70.6 Å². The Morgan fingerprint density at radius 3 is 2.05 bits per heavy atom. The van der Waals surface area contributed by atoms with Crippen LogP contribution in [-0.2, 0) is 30.4 Å². The van der Waals surface area contributed by atoms with Crippen molar-refractivity contribution >= 4 is 41.4 Å². The van der Waals surface area contributed by atoms with Crippen molar-refractivity contribution < 1.29 is 39.0 Å². The molecule has 0 aliphatic rings. The number of urea groups is 1. The minimum Gasteiger partial charge on any atom is -0.481 e. The second-order valence-corrected chi connectivity index (χ2v) is 11.5. The van der Waals surface area contributed by atoms with Gasteiger partial charge in [-0.15, -0.1) is 0 Å². The predicted octanol–water partition coefficient (Wildman–Crippen LogP) is 1.32. The van der Waals surface area contributed by atoms with Crippen LogP contribution in [0, 0.1) is 11.3 Å². The number of carboxylic acid groups (broad SMARTS) is 2. The maximum atomic E-state index is 13.2. The topological polar surface area (TPSA) is 243 Å². The van der Waals surface area contributed by atoms with E-state index in [1.54, 1.807) is 39.8 Å². The number of hydrogen-bond acceptors (Lipinski definition) is 7. The fraction of sp³-hybridized carbons (Fsp3) is 0.586. The highest BCUT2D eigenvalue weighted by molar-refractivity contribution is 5.98. The Bertz CT molecular complexity index is 1120. The molecule has 0 aliphatic carbocycles. The molecule has 0 radical (unpaired) electrons. The minimum absolute atomic E-state index is 0.107. The van der Waals surface area contributed by atoms with Crippen LogP contribution in [0.3, 0.4) is 0 Å². The Balaban J connectivity index is 2.92. The van der Waals surface area contributed by atoms with E-state index >= 15 is 0 Å². The molecule has 5 amide bonds. The summed E-state index contributed by atoms with van der Waals surface area (Å²) in [5.74, 6) is -4.17. The summed E-state index contributed by atoms with van der Waals surface area (Å²) < 4.78 is 0. The van der Waals surface area contributed by atoms with E-state index in [2.05, 4.69) is 21.3 Å². The highest BCUT2D eigenvalue weighted by atomic mass is 16.4. The molecule has 0 aliphatic heterocycles. The summed E-state index contributed by atoms with van der Waals surface area (Å²) in [5, 5.41) is 28.5. The first-order valence-electron chi connectivity index (χ1n) is 14.3. The summed E-state index contributed by atoms with van der Waals surface area (Å²) in [7, 11) is 0. The molecule has 240 valence electrons. The van der Waals surface area contributed by atoms with E-state index in [-0.39, 0.29) is 31.7 Å². The van der Waals surface area contributed by atoms with E-state index < -0.39 is 59.2 Å². The fourth-order valence-electron chi connectivity index (χ4n) is 4.08. The first-order valence-corrected chi connectivity index (χ1v) is 14.3. The van der Waals surface area contributed by atoms with Gasteiger partial charge < -0.3 is 42.9 Å². The number of aryl methyl sites for hydroxylation is 1. The summed E-state index contributed by atoms with van der Waals surface area (Å²) in [6.45, 7) is 6.93. The van der Waals surface area contributed by atoms with Crippen molar-refractivity contribution in [2.75, 3.05) is 11.9 Å². The summed E-state index contributed by atoms with van der Waals surface area (Å²) in [6.07, 6.45) is 1.90. The molecule has 0 heterocycles. The van der Waals surface area contributed by atoms with E-state index in [4.69, 9.17) is 16.6 Å². The van der Waals surface area contributed by atoms with Gasteiger partial charge in [-0.05, 0) is 76.0 Å². The van der Waals surface area contributed by atoms with Crippen LogP contribution in [0.2, 0.25) is 0 Å². The van der Waals surface area contributed by atoms with E-state index in [1.807, 2.05) is 12.1 Å². The molecule has 1 aromatic rings. The van der Waals surface area contributed by atoms with Crippen molar-refractivity contribution in [3.63, 3.8) is 0 Å². The third-order valence-electron chi connectivity index (χ3n) is 6.92. The fourth-order valence-corrected chi connectivity index (χ4v) is 4.08. The summed E-state index contributed by atoms with van der Waals surface area (Å²) in [5.41, 5.74) is 11.5. The lowest BCUT2D eigenvalue weighted by Crippen LogP contribution is -2.56. The van der Waals surface area contributed by atoms with E-state index in [9.17, 15) is 33.9 Å². The van der Waals surface area contributed by atoms with Gasteiger partial charge in [-0.2, -0.15) is 0 Å². The number of hydrogen-bond donors (Lipinski definition) is 8. The standard InChI is InChI=1S/C29H46N6O8/c1-17(2)23(35-24(38)20(30)13-14-22(36)37)26(40)34-21(8-6-16-32-28(31)43)25(39)33-19-11-9-18(10-12-19)7-5-15-29(3,4)27(41)42/h9-12,17,20-21,23H,5-8,13-16,30H2,1-4H3,(H,33,39)(H,34,40)(H,35,38)(H,36,37)(H,41,42)(H3,31,32,43)/t20-,21-,23-/m0/s1. The molecular weight excluding hydrogens is 560 g/mol. The Labute approximate surface area is 251 Å². The molecule has 43 heavy (non-hydrogen) atoms. The van der Waals surface area contributed by atoms with Gasteiger partial charge in [0.15, 0.2) is 0 Å². The zero-order valence-corrected chi connectivity index (χ0v) is 25.3. The van der Waals surface area contributed by atoms with Crippen LogP contribution in [0.5, 0.6) is 0 Å². The third kappa shape index (κ3) is 14.0. The maximum Gasteiger partial charge on any atom is 0.312 e. The number of anilines is 1. The smallest absolute Gasteiger partial charge is 0.312 e. The molecule has 1 aromatic carbocycles. The largest absolute Gasteiger partial charge is 0.481 e. The Kier molecular flexibility index (Phi) is 15.1. The number of primary amides is 1. The molecular formula is C29H46N6O8. The number of benzene rings is 1.